The molecular formula is C36H60O3Si. The van der Waals surface area contributed by atoms with Crippen molar-refractivity contribution < 1.29 is 14.0 Å². The Labute approximate surface area is 247 Å². The van der Waals surface area contributed by atoms with E-state index in [9.17, 15) is 4.79 Å². The van der Waals surface area contributed by atoms with E-state index in [1.165, 1.54) is 44.1 Å². The van der Waals surface area contributed by atoms with E-state index in [0.717, 1.165) is 32.1 Å². The Balaban J connectivity index is 1.58. The van der Waals surface area contributed by atoms with Gasteiger partial charge in [-0.3, -0.25) is 4.79 Å². The third-order valence-corrected chi connectivity index (χ3v) is 17.7. The summed E-state index contributed by atoms with van der Waals surface area (Å²) in [5.41, 5.74) is 2.64. The molecule has 3 aliphatic carbocycles. The Morgan fingerprint density at radius 3 is 2.17 bits per heavy atom. The van der Waals surface area contributed by atoms with E-state index >= 15 is 0 Å². The van der Waals surface area contributed by atoms with Crippen LogP contribution in [0.15, 0.2) is 30.3 Å². The van der Waals surface area contributed by atoms with Crippen LogP contribution in [0.3, 0.4) is 0 Å². The lowest BCUT2D eigenvalue weighted by atomic mass is 9.56. The SMILES string of the molecule is CC(Cc1ccccc1)[C@@H]1CC[C@@H](C)C[C@H]1OC(=O)[C@@H]1C[C@@H]2CCCCCC[C@@]21O[Si](C(C)C)(C(C)C)C(C)C. The van der Waals surface area contributed by atoms with Crippen LogP contribution in [0.2, 0.25) is 16.6 Å². The molecule has 3 nitrogen and oxygen atoms in total. The van der Waals surface area contributed by atoms with Crippen molar-refractivity contribution >= 4 is 14.3 Å². The third kappa shape index (κ3) is 6.43. The molecule has 0 radical (unpaired) electrons. The summed E-state index contributed by atoms with van der Waals surface area (Å²) < 4.78 is 14.4. The zero-order chi connectivity index (χ0) is 29.1. The van der Waals surface area contributed by atoms with Gasteiger partial charge < -0.3 is 9.16 Å². The maximum absolute atomic E-state index is 14.3. The highest BCUT2D eigenvalue weighted by Crippen LogP contribution is 2.59. The maximum atomic E-state index is 14.3. The van der Waals surface area contributed by atoms with Crippen LogP contribution >= 0.6 is 0 Å². The standard InChI is InChI=1S/C36H60O3Si/c1-25(2)40(26(3)4,27(5)6)39-36-21-15-10-9-14-18-31(36)24-33(36)35(37)38-34-22-28(7)19-20-32(34)29(8)23-30-16-12-11-13-17-30/h11-13,16-17,25-29,31-34H,9-10,14-15,18-24H2,1-8H3/t28-,29?,31+,32+,33+,34-,36-/m1/s1. The number of rotatable bonds is 10. The molecule has 3 aliphatic rings. The van der Waals surface area contributed by atoms with E-state index in [1.54, 1.807) is 0 Å². The van der Waals surface area contributed by atoms with Gasteiger partial charge in [0.25, 0.3) is 0 Å². The fourth-order valence-electron chi connectivity index (χ4n) is 9.38. The quantitative estimate of drug-likeness (QED) is 0.208. The summed E-state index contributed by atoms with van der Waals surface area (Å²) in [4.78, 5) is 14.3. The van der Waals surface area contributed by atoms with E-state index in [4.69, 9.17) is 9.16 Å². The van der Waals surface area contributed by atoms with Crippen LogP contribution in [0, 0.1) is 29.6 Å². The van der Waals surface area contributed by atoms with E-state index in [0.29, 0.717) is 40.3 Å². The molecule has 0 N–H and O–H groups in total. The summed E-state index contributed by atoms with van der Waals surface area (Å²) in [5, 5.41) is 0. The van der Waals surface area contributed by atoms with E-state index in [1.807, 2.05) is 0 Å². The zero-order valence-corrected chi connectivity index (χ0v) is 28.1. The predicted molar refractivity (Wildman–Crippen MR) is 170 cm³/mol. The van der Waals surface area contributed by atoms with Gasteiger partial charge in [0, 0.05) is 0 Å². The molecule has 7 atom stereocenters. The van der Waals surface area contributed by atoms with Gasteiger partial charge in [0.1, 0.15) is 6.10 Å². The number of hydrogen-bond acceptors (Lipinski definition) is 3. The summed E-state index contributed by atoms with van der Waals surface area (Å²) in [6.45, 7) is 19.0. The van der Waals surface area contributed by atoms with Crippen LogP contribution in [0.4, 0.5) is 0 Å². The Bertz CT molecular complexity index is 921. The number of hydrogen-bond donors (Lipinski definition) is 0. The molecule has 226 valence electrons. The van der Waals surface area contributed by atoms with Gasteiger partial charge in [-0.15, -0.1) is 0 Å². The van der Waals surface area contributed by atoms with Crippen LogP contribution in [0.5, 0.6) is 0 Å². The molecule has 4 heteroatoms. The molecule has 0 saturated heterocycles. The molecule has 4 rings (SSSR count). The molecule has 0 bridgehead atoms. The Morgan fingerprint density at radius 2 is 1.52 bits per heavy atom. The largest absolute Gasteiger partial charge is 0.462 e. The van der Waals surface area contributed by atoms with Crippen molar-refractivity contribution in [1.82, 2.24) is 0 Å². The highest BCUT2D eigenvalue weighted by atomic mass is 28.4. The monoisotopic (exact) mass is 568 g/mol. The van der Waals surface area contributed by atoms with Gasteiger partial charge in [-0.1, -0.05) is 118 Å². The van der Waals surface area contributed by atoms with Crippen LogP contribution < -0.4 is 0 Å². The molecule has 1 aromatic carbocycles. The van der Waals surface area contributed by atoms with Crippen molar-refractivity contribution in [2.45, 2.75) is 154 Å². The van der Waals surface area contributed by atoms with Crippen molar-refractivity contribution in [3.05, 3.63) is 35.9 Å². The lowest BCUT2D eigenvalue weighted by molar-refractivity contribution is -0.200. The van der Waals surface area contributed by atoms with Crippen molar-refractivity contribution in [1.29, 1.82) is 0 Å². The van der Waals surface area contributed by atoms with Crippen LogP contribution in [0.25, 0.3) is 0 Å². The minimum absolute atomic E-state index is 0.0296. The van der Waals surface area contributed by atoms with Crippen molar-refractivity contribution in [2.75, 3.05) is 0 Å². The fraction of sp³-hybridized carbons (Fsp3) is 0.806. The van der Waals surface area contributed by atoms with Gasteiger partial charge in [-0.05, 0) is 84.4 Å². The molecular weight excluding hydrogens is 508 g/mol. The fourth-order valence-corrected chi connectivity index (χ4v) is 15.2. The normalized spacial score (nSPS) is 32.2. The first-order chi connectivity index (χ1) is 19.0. The van der Waals surface area contributed by atoms with E-state index in [-0.39, 0.29) is 23.6 Å². The second kappa shape index (κ2) is 13.4. The Morgan fingerprint density at radius 1 is 0.875 bits per heavy atom. The second-order valence-corrected chi connectivity index (χ2v) is 20.4. The molecule has 0 heterocycles. The van der Waals surface area contributed by atoms with Gasteiger partial charge in [0.05, 0.1) is 11.5 Å². The molecule has 0 aromatic heterocycles. The highest BCUT2D eigenvalue weighted by Gasteiger charge is 2.63. The number of esters is 1. The van der Waals surface area contributed by atoms with Crippen LogP contribution in [-0.4, -0.2) is 26.0 Å². The van der Waals surface area contributed by atoms with Gasteiger partial charge in [0.2, 0.25) is 8.32 Å². The second-order valence-electron chi connectivity index (χ2n) is 15.0. The molecule has 3 fully saturated rings. The average Bonchev–Trinajstić information content (AvgIpc) is 2.88. The third-order valence-electron chi connectivity index (χ3n) is 11.5. The minimum atomic E-state index is -2.15. The van der Waals surface area contributed by atoms with Crippen molar-refractivity contribution in [2.24, 2.45) is 29.6 Å². The Hall–Kier alpha value is -1.13. The van der Waals surface area contributed by atoms with Gasteiger partial charge in [-0.2, -0.15) is 0 Å². The summed E-state index contributed by atoms with van der Waals surface area (Å²) in [7, 11) is -2.15. The topological polar surface area (TPSA) is 35.5 Å². The first-order valence-corrected chi connectivity index (χ1v) is 19.1. The van der Waals surface area contributed by atoms with E-state index < -0.39 is 8.32 Å². The van der Waals surface area contributed by atoms with E-state index in [2.05, 4.69) is 85.7 Å². The highest BCUT2D eigenvalue weighted by molar-refractivity contribution is 6.77. The lowest BCUT2D eigenvalue weighted by Gasteiger charge is -2.61. The van der Waals surface area contributed by atoms with Crippen LogP contribution in [0.1, 0.15) is 125 Å². The molecule has 40 heavy (non-hydrogen) atoms. The number of benzene rings is 1. The van der Waals surface area contributed by atoms with Gasteiger partial charge >= 0.3 is 5.97 Å². The van der Waals surface area contributed by atoms with Gasteiger partial charge in [-0.25, -0.2) is 0 Å². The first-order valence-electron chi connectivity index (χ1n) is 17.0. The summed E-state index contributed by atoms with van der Waals surface area (Å²) in [5.74, 6) is 2.01. The zero-order valence-electron chi connectivity index (χ0n) is 27.1. The summed E-state index contributed by atoms with van der Waals surface area (Å²) in [6.07, 6.45) is 12.7. The minimum Gasteiger partial charge on any atom is -0.462 e. The average molecular weight is 569 g/mol. The van der Waals surface area contributed by atoms with Crippen LogP contribution in [-0.2, 0) is 20.4 Å². The predicted octanol–water partition coefficient (Wildman–Crippen LogP) is 10.1. The smallest absolute Gasteiger partial charge is 0.312 e. The van der Waals surface area contributed by atoms with Gasteiger partial charge in [0.15, 0.2) is 0 Å². The Kier molecular flexibility index (Phi) is 10.7. The lowest BCUT2D eigenvalue weighted by Crippen LogP contribution is -2.67. The van der Waals surface area contributed by atoms with Crippen molar-refractivity contribution in [3.8, 4) is 0 Å². The maximum Gasteiger partial charge on any atom is 0.312 e. The molecule has 1 aromatic rings. The number of carbonyl (C=O) groups is 1. The number of carbonyl (C=O) groups excluding carboxylic acids is 1. The summed E-state index contributed by atoms with van der Waals surface area (Å²) in [6, 6.07) is 10.8. The molecule has 0 aliphatic heterocycles. The molecule has 1 unspecified atom stereocenters. The summed E-state index contributed by atoms with van der Waals surface area (Å²) >= 11 is 0. The number of ether oxygens (including phenoxy) is 1. The molecule has 0 spiro atoms. The molecule has 3 saturated carbocycles. The first kappa shape index (κ1) is 31.8. The molecule has 0 amide bonds. The van der Waals surface area contributed by atoms with Crippen molar-refractivity contribution in [3.63, 3.8) is 0 Å². The number of fused-ring (bicyclic) bond motifs is 1.